The number of para-hydroxylation sites is 1. The summed E-state index contributed by atoms with van der Waals surface area (Å²) in [6, 6.07) is 13.1. The van der Waals surface area contributed by atoms with Gasteiger partial charge in [-0.15, -0.1) is 0 Å². The van der Waals surface area contributed by atoms with Crippen LogP contribution >= 0.6 is 11.8 Å². The molecule has 1 fully saturated rings. The van der Waals surface area contributed by atoms with Crippen molar-refractivity contribution < 1.29 is 14.4 Å². The van der Waals surface area contributed by atoms with E-state index in [0.717, 1.165) is 39.0 Å². The van der Waals surface area contributed by atoms with Crippen LogP contribution in [0.2, 0.25) is 0 Å². The topological polar surface area (TPSA) is 69.7 Å². The summed E-state index contributed by atoms with van der Waals surface area (Å²) in [6.07, 6.45) is 3.98. The van der Waals surface area contributed by atoms with Crippen molar-refractivity contribution in [2.45, 2.75) is 33.2 Å². The van der Waals surface area contributed by atoms with E-state index in [2.05, 4.69) is 56.2 Å². The second kappa shape index (κ2) is 8.56. The lowest BCUT2D eigenvalue weighted by atomic mass is 9.87. The van der Waals surface area contributed by atoms with Gasteiger partial charge in [-0.25, -0.2) is 0 Å². The lowest BCUT2D eigenvalue weighted by Crippen LogP contribution is -2.42. The first-order valence-electron chi connectivity index (χ1n) is 10.8. The molecule has 1 N–H and O–H groups in total. The number of nitrogens with zero attached hydrogens (tertiary/aromatic N) is 2. The summed E-state index contributed by atoms with van der Waals surface area (Å²) in [7, 11) is 2.08. The number of carbonyl (C=O) groups excluding carboxylic acids is 3. The molecule has 0 radical (unpaired) electrons. The highest BCUT2D eigenvalue weighted by Gasteiger charge is 2.36. The molecule has 0 atom stereocenters. The van der Waals surface area contributed by atoms with E-state index in [1.165, 1.54) is 5.57 Å². The Morgan fingerprint density at radius 2 is 1.82 bits per heavy atom. The van der Waals surface area contributed by atoms with E-state index in [1.807, 2.05) is 13.0 Å². The molecule has 0 spiro atoms. The SMILES string of the molecule is CC1=CC(C)(C)N(C)c2cc(C)c(/C=C3/SC(=O)N(CC(=O)Nc4ccccc4)C3=O)cc21. The molecule has 4 rings (SSSR count). The molecule has 0 aromatic heterocycles. The average Bonchev–Trinajstić information content (AvgIpc) is 3.01. The number of anilines is 2. The smallest absolute Gasteiger partial charge is 0.294 e. The summed E-state index contributed by atoms with van der Waals surface area (Å²) in [6.45, 7) is 8.12. The number of thioether (sulfide) groups is 1. The molecule has 170 valence electrons. The Morgan fingerprint density at radius 3 is 2.52 bits per heavy atom. The van der Waals surface area contributed by atoms with Gasteiger partial charge in [0.25, 0.3) is 11.1 Å². The van der Waals surface area contributed by atoms with Gasteiger partial charge in [-0.05, 0) is 86.5 Å². The van der Waals surface area contributed by atoms with Crippen molar-refractivity contribution in [3.63, 3.8) is 0 Å². The minimum absolute atomic E-state index is 0.0893. The normalized spacial score (nSPS) is 18.5. The molecule has 0 unspecified atom stereocenters. The first-order valence-corrected chi connectivity index (χ1v) is 11.6. The molecule has 2 aromatic rings. The molecular formula is C26H27N3O3S. The van der Waals surface area contributed by atoms with Crippen LogP contribution in [-0.4, -0.2) is 41.1 Å². The minimum Gasteiger partial charge on any atom is -0.365 e. The van der Waals surface area contributed by atoms with Crippen LogP contribution in [0.3, 0.4) is 0 Å². The van der Waals surface area contributed by atoms with E-state index in [9.17, 15) is 14.4 Å². The van der Waals surface area contributed by atoms with Crippen molar-refractivity contribution in [2.75, 3.05) is 23.8 Å². The Morgan fingerprint density at radius 1 is 1.12 bits per heavy atom. The number of likely N-dealkylation sites (N-methyl/N-ethyl adjacent to an activating group) is 1. The van der Waals surface area contributed by atoms with Crippen LogP contribution in [0.15, 0.2) is 53.4 Å². The van der Waals surface area contributed by atoms with Crippen LogP contribution in [0, 0.1) is 6.92 Å². The molecule has 2 aromatic carbocycles. The molecule has 2 heterocycles. The monoisotopic (exact) mass is 461 g/mol. The Kier molecular flexibility index (Phi) is 5.93. The lowest BCUT2D eigenvalue weighted by molar-refractivity contribution is -0.127. The highest BCUT2D eigenvalue weighted by atomic mass is 32.2. The van der Waals surface area contributed by atoms with E-state index in [1.54, 1.807) is 30.3 Å². The number of aryl methyl sites for hydroxylation is 1. The van der Waals surface area contributed by atoms with Crippen LogP contribution in [0.4, 0.5) is 16.2 Å². The maximum Gasteiger partial charge on any atom is 0.294 e. The number of hydrogen-bond donors (Lipinski definition) is 1. The highest BCUT2D eigenvalue weighted by Crippen LogP contribution is 2.40. The zero-order chi connectivity index (χ0) is 23.9. The Bertz CT molecular complexity index is 1210. The molecule has 0 bridgehead atoms. The Labute approximate surface area is 198 Å². The number of amides is 3. The predicted molar refractivity (Wildman–Crippen MR) is 135 cm³/mol. The second-order valence-electron chi connectivity index (χ2n) is 8.95. The van der Waals surface area contributed by atoms with Crippen molar-refractivity contribution in [3.8, 4) is 0 Å². The molecule has 0 saturated carbocycles. The van der Waals surface area contributed by atoms with Crippen molar-refractivity contribution in [1.82, 2.24) is 4.90 Å². The second-order valence-corrected chi connectivity index (χ2v) is 9.94. The fourth-order valence-electron chi connectivity index (χ4n) is 4.12. The fraction of sp³-hybridized carbons (Fsp3) is 0.269. The molecule has 3 amide bonds. The zero-order valence-electron chi connectivity index (χ0n) is 19.4. The number of allylic oxidation sites excluding steroid dienone is 1. The maximum atomic E-state index is 12.9. The number of hydrogen-bond acceptors (Lipinski definition) is 5. The standard InChI is InChI=1S/C26H27N3O3S/c1-16-11-21-20(17(2)14-26(3,4)28(21)5)12-18(16)13-22-24(31)29(25(32)33-22)15-23(30)27-19-9-7-6-8-10-19/h6-14H,15H2,1-5H3,(H,27,30)/b22-13+. The van der Waals surface area contributed by atoms with Crippen LogP contribution in [0.5, 0.6) is 0 Å². The third-order valence-corrected chi connectivity index (χ3v) is 7.03. The van der Waals surface area contributed by atoms with E-state index in [0.29, 0.717) is 10.6 Å². The average molecular weight is 462 g/mol. The van der Waals surface area contributed by atoms with Crippen LogP contribution in [0.1, 0.15) is 37.5 Å². The maximum absolute atomic E-state index is 12.9. The number of nitrogens with one attached hydrogen (secondary N) is 1. The first kappa shape index (κ1) is 22.9. The van der Waals surface area contributed by atoms with Gasteiger partial charge in [0.15, 0.2) is 0 Å². The summed E-state index contributed by atoms with van der Waals surface area (Å²) < 4.78 is 0. The van der Waals surface area contributed by atoms with Gasteiger partial charge in [0.05, 0.1) is 10.4 Å². The molecule has 33 heavy (non-hydrogen) atoms. The molecular weight excluding hydrogens is 434 g/mol. The third-order valence-electron chi connectivity index (χ3n) is 6.12. The van der Waals surface area contributed by atoms with E-state index >= 15 is 0 Å². The van der Waals surface area contributed by atoms with Gasteiger partial charge in [0, 0.05) is 24.0 Å². The van der Waals surface area contributed by atoms with E-state index in [-0.39, 0.29) is 12.1 Å². The van der Waals surface area contributed by atoms with Gasteiger partial charge in [-0.3, -0.25) is 19.3 Å². The number of rotatable bonds is 4. The van der Waals surface area contributed by atoms with Gasteiger partial charge in [-0.2, -0.15) is 0 Å². The van der Waals surface area contributed by atoms with Crippen molar-refractivity contribution in [2.24, 2.45) is 0 Å². The van der Waals surface area contributed by atoms with Gasteiger partial charge in [0.1, 0.15) is 6.54 Å². The highest BCUT2D eigenvalue weighted by molar-refractivity contribution is 8.18. The number of fused-ring (bicyclic) bond motifs is 1. The lowest BCUT2D eigenvalue weighted by Gasteiger charge is -2.41. The van der Waals surface area contributed by atoms with Crippen LogP contribution in [0.25, 0.3) is 11.6 Å². The van der Waals surface area contributed by atoms with Gasteiger partial charge < -0.3 is 10.2 Å². The van der Waals surface area contributed by atoms with E-state index < -0.39 is 17.1 Å². The number of benzene rings is 2. The summed E-state index contributed by atoms with van der Waals surface area (Å²) in [5.41, 5.74) is 5.84. The van der Waals surface area contributed by atoms with Gasteiger partial charge >= 0.3 is 0 Å². The fourth-order valence-corrected chi connectivity index (χ4v) is 4.95. The van der Waals surface area contributed by atoms with Gasteiger partial charge in [0.2, 0.25) is 5.91 Å². The van der Waals surface area contributed by atoms with Crippen molar-refractivity contribution in [3.05, 3.63) is 70.1 Å². The van der Waals surface area contributed by atoms with Crippen LogP contribution < -0.4 is 10.2 Å². The van der Waals surface area contributed by atoms with Crippen molar-refractivity contribution >= 4 is 51.8 Å². The third kappa shape index (κ3) is 4.46. The van der Waals surface area contributed by atoms with E-state index in [4.69, 9.17) is 0 Å². The quantitative estimate of drug-likeness (QED) is 0.626. The first-order chi connectivity index (χ1) is 15.6. The number of imide groups is 1. The molecule has 2 aliphatic heterocycles. The molecule has 2 aliphatic rings. The molecule has 1 saturated heterocycles. The summed E-state index contributed by atoms with van der Waals surface area (Å²) in [4.78, 5) is 41.3. The number of carbonyl (C=O) groups is 3. The Hall–Kier alpha value is -3.32. The Balaban J connectivity index is 1.57. The summed E-state index contributed by atoms with van der Waals surface area (Å²) >= 11 is 0.866. The molecule has 6 nitrogen and oxygen atoms in total. The summed E-state index contributed by atoms with van der Waals surface area (Å²) in [5.74, 6) is -0.864. The summed E-state index contributed by atoms with van der Waals surface area (Å²) in [5, 5.41) is 2.27. The zero-order valence-corrected chi connectivity index (χ0v) is 20.2. The van der Waals surface area contributed by atoms with Gasteiger partial charge in [-0.1, -0.05) is 24.3 Å². The minimum atomic E-state index is -0.448. The molecule has 0 aliphatic carbocycles. The largest absolute Gasteiger partial charge is 0.365 e. The predicted octanol–water partition coefficient (Wildman–Crippen LogP) is 5.30. The van der Waals surface area contributed by atoms with Crippen molar-refractivity contribution in [1.29, 1.82) is 0 Å². The molecule has 7 heteroatoms. The van der Waals surface area contributed by atoms with Crippen LogP contribution in [-0.2, 0) is 9.59 Å².